The van der Waals surface area contributed by atoms with Crippen molar-refractivity contribution in [1.82, 2.24) is 15.3 Å². The number of halogens is 1. The van der Waals surface area contributed by atoms with Gasteiger partial charge in [-0.05, 0) is 30.7 Å². The van der Waals surface area contributed by atoms with Gasteiger partial charge in [0.2, 0.25) is 0 Å². The van der Waals surface area contributed by atoms with Crippen LogP contribution in [0, 0.1) is 6.92 Å². The lowest BCUT2D eigenvalue weighted by atomic mass is 10.0. The number of benzene rings is 1. The van der Waals surface area contributed by atoms with Gasteiger partial charge in [0, 0.05) is 28.0 Å². The molecule has 0 fully saturated rings. The Labute approximate surface area is 145 Å². The Balaban J connectivity index is 1.83. The lowest BCUT2D eigenvalue weighted by molar-refractivity contribution is -0.139. The summed E-state index contributed by atoms with van der Waals surface area (Å²) in [6.45, 7) is 1.59. The van der Waals surface area contributed by atoms with Gasteiger partial charge < -0.3 is 19.8 Å². The van der Waals surface area contributed by atoms with E-state index in [0.717, 1.165) is 27.3 Å². The summed E-state index contributed by atoms with van der Waals surface area (Å²) in [6.07, 6.45) is 3.05. The van der Waals surface area contributed by atoms with Crippen LogP contribution >= 0.6 is 15.9 Å². The Hall–Kier alpha value is -2.61. The number of aromatic amines is 1. The first-order valence-corrected chi connectivity index (χ1v) is 7.94. The van der Waals surface area contributed by atoms with Crippen molar-refractivity contribution < 1.29 is 19.1 Å². The molecular formula is C16H14BrN3O4. The number of carboxylic acids is 1. The first kappa shape index (κ1) is 16.3. The molecule has 0 saturated heterocycles. The van der Waals surface area contributed by atoms with Gasteiger partial charge in [0.1, 0.15) is 11.8 Å². The number of aromatic nitrogens is 2. The third-order valence-corrected chi connectivity index (χ3v) is 4.21. The summed E-state index contributed by atoms with van der Waals surface area (Å²) in [6, 6.07) is 4.62. The number of fused-ring (bicyclic) bond motifs is 1. The zero-order chi connectivity index (χ0) is 17.3. The van der Waals surface area contributed by atoms with Crippen LogP contribution in [0.4, 0.5) is 0 Å². The van der Waals surface area contributed by atoms with E-state index in [2.05, 4.69) is 31.2 Å². The summed E-state index contributed by atoms with van der Waals surface area (Å²) >= 11 is 3.40. The standard InChI is InChI=1S/C16H14BrN3O4/c1-8-14(19-7-24-8)15(21)20-13(16(22)23)4-9-6-18-12-3-2-10(17)5-11(9)12/h2-3,5-7,13,18H,4H2,1H3,(H,20,21)(H,22,23)/t13-/m0/s1. The number of aliphatic carboxylic acids is 1. The lowest BCUT2D eigenvalue weighted by Gasteiger charge is -2.13. The maximum Gasteiger partial charge on any atom is 0.326 e. The third kappa shape index (κ3) is 3.18. The van der Waals surface area contributed by atoms with E-state index in [4.69, 9.17) is 4.42 Å². The summed E-state index contributed by atoms with van der Waals surface area (Å²) in [5.74, 6) is -1.35. The Bertz CT molecular complexity index is 915. The molecule has 0 spiro atoms. The number of hydrogen-bond acceptors (Lipinski definition) is 4. The van der Waals surface area contributed by atoms with Crippen molar-refractivity contribution in [3.05, 3.63) is 52.3 Å². The maximum atomic E-state index is 12.2. The Morgan fingerprint density at radius 1 is 1.46 bits per heavy atom. The molecule has 1 amide bonds. The van der Waals surface area contributed by atoms with E-state index in [1.54, 1.807) is 13.1 Å². The van der Waals surface area contributed by atoms with Crippen LogP contribution in [0.25, 0.3) is 10.9 Å². The maximum absolute atomic E-state index is 12.2. The third-order valence-electron chi connectivity index (χ3n) is 3.72. The summed E-state index contributed by atoms with van der Waals surface area (Å²) < 4.78 is 5.87. The van der Waals surface area contributed by atoms with Crippen molar-refractivity contribution in [2.45, 2.75) is 19.4 Å². The largest absolute Gasteiger partial charge is 0.480 e. The molecule has 3 aromatic rings. The Kier molecular flexibility index (Phi) is 4.39. The van der Waals surface area contributed by atoms with Gasteiger partial charge in [-0.2, -0.15) is 0 Å². The van der Waals surface area contributed by atoms with E-state index in [1.165, 1.54) is 0 Å². The van der Waals surface area contributed by atoms with Crippen molar-refractivity contribution in [1.29, 1.82) is 0 Å². The van der Waals surface area contributed by atoms with Crippen LogP contribution in [0.3, 0.4) is 0 Å². The minimum atomic E-state index is -1.12. The quantitative estimate of drug-likeness (QED) is 0.619. The zero-order valence-corrected chi connectivity index (χ0v) is 14.3. The monoisotopic (exact) mass is 391 g/mol. The van der Waals surface area contributed by atoms with E-state index >= 15 is 0 Å². The van der Waals surface area contributed by atoms with Crippen molar-refractivity contribution in [2.75, 3.05) is 0 Å². The molecule has 1 aromatic carbocycles. The second-order valence-corrected chi connectivity index (χ2v) is 6.25. The number of oxazole rings is 1. The van der Waals surface area contributed by atoms with Gasteiger partial charge in [-0.1, -0.05) is 15.9 Å². The molecule has 24 heavy (non-hydrogen) atoms. The molecule has 124 valence electrons. The number of rotatable bonds is 5. The molecule has 0 aliphatic rings. The molecule has 0 aliphatic heterocycles. The molecule has 0 saturated carbocycles. The number of hydrogen-bond donors (Lipinski definition) is 3. The molecule has 0 bridgehead atoms. The first-order chi connectivity index (χ1) is 11.5. The van der Waals surface area contributed by atoms with Gasteiger partial charge >= 0.3 is 5.97 Å². The highest BCUT2D eigenvalue weighted by atomic mass is 79.9. The number of carbonyl (C=O) groups excluding carboxylic acids is 1. The normalized spacial score (nSPS) is 12.2. The van der Waals surface area contributed by atoms with E-state index in [0.29, 0.717) is 5.76 Å². The van der Waals surface area contributed by atoms with Gasteiger partial charge in [0.15, 0.2) is 12.1 Å². The molecule has 3 N–H and O–H groups in total. The summed E-state index contributed by atoms with van der Waals surface area (Å²) in [4.78, 5) is 30.6. The predicted molar refractivity (Wildman–Crippen MR) is 89.8 cm³/mol. The van der Waals surface area contributed by atoms with Gasteiger partial charge in [-0.15, -0.1) is 0 Å². The molecule has 7 nitrogen and oxygen atoms in total. The predicted octanol–water partition coefficient (Wildman–Crippen LogP) is 2.65. The van der Waals surface area contributed by atoms with Crippen LogP contribution in [0.5, 0.6) is 0 Å². The number of nitrogens with zero attached hydrogens (tertiary/aromatic N) is 1. The van der Waals surface area contributed by atoms with E-state index in [-0.39, 0.29) is 12.1 Å². The molecule has 2 heterocycles. The number of aryl methyl sites for hydroxylation is 1. The summed E-state index contributed by atoms with van der Waals surface area (Å²) in [5, 5.41) is 12.8. The molecule has 3 rings (SSSR count). The highest BCUT2D eigenvalue weighted by Crippen LogP contribution is 2.23. The zero-order valence-electron chi connectivity index (χ0n) is 12.7. The van der Waals surface area contributed by atoms with E-state index in [1.807, 2.05) is 18.2 Å². The van der Waals surface area contributed by atoms with Crippen molar-refractivity contribution in [3.63, 3.8) is 0 Å². The van der Waals surface area contributed by atoms with Crippen LogP contribution in [0.15, 0.2) is 39.7 Å². The first-order valence-electron chi connectivity index (χ1n) is 7.15. The topological polar surface area (TPSA) is 108 Å². The summed E-state index contributed by atoms with van der Waals surface area (Å²) in [5.41, 5.74) is 1.79. The highest BCUT2D eigenvalue weighted by Gasteiger charge is 2.24. The lowest BCUT2D eigenvalue weighted by Crippen LogP contribution is -2.42. The van der Waals surface area contributed by atoms with Gasteiger partial charge in [-0.25, -0.2) is 9.78 Å². The van der Waals surface area contributed by atoms with Crippen LogP contribution in [0.2, 0.25) is 0 Å². The van der Waals surface area contributed by atoms with E-state index < -0.39 is 17.9 Å². The van der Waals surface area contributed by atoms with Crippen LogP contribution < -0.4 is 5.32 Å². The van der Waals surface area contributed by atoms with E-state index in [9.17, 15) is 14.7 Å². The smallest absolute Gasteiger partial charge is 0.326 e. The molecule has 0 radical (unpaired) electrons. The summed E-state index contributed by atoms with van der Waals surface area (Å²) in [7, 11) is 0. The van der Waals surface area contributed by atoms with Gasteiger partial charge in [0.05, 0.1) is 0 Å². The minimum absolute atomic E-state index is 0.0860. The number of carbonyl (C=O) groups is 2. The number of H-pyrrole nitrogens is 1. The molecule has 0 aliphatic carbocycles. The Morgan fingerprint density at radius 3 is 2.92 bits per heavy atom. The number of nitrogens with one attached hydrogen (secondary N) is 2. The molecule has 0 unspecified atom stereocenters. The van der Waals surface area contributed by atoms with Crippen molar-refractivity contribution in [3.8, 4) is 0 Å². The van der Waals surface area contributed by atoms with Crippen molar-refractivity contribution >= 4 is 38.7 Å². The molecular weight excluding hydrogens is 378 g/mol. The average molecular weight is 392 g/mol. The molecule has 1 atom stereocenters. The van der Waals surface area contributed by atoms with Crippen LogP contribution in [-0.2, 0) is 11.2 Å². The molecule has 2 aromatic heterocycles. The second-order valence-electron chi connectivity index (χ2n) is 5.33. The highest BCUT2D eigenvalue weighted by molar-refractivity contribution is 9.10. The van der Waals surface area contributed by atoms with Crippen LogP contribution in [-0.4, -0.2) is 33.0 Å². The minimum Gasteiger partial charge on any atom is -0.480 e. The fourth-order valence-electron chi connectivity index (χ4n) is 2.49. The number of carboxylic acid groups (broad SMARTS) is 1. The Morgan fingerprint density at radius 2 is 2.25 bits per heavy atom. The fourth-order valence-corrected chi connectivity index (χ4v) is 2.85. The van der Waals surface area contributed by atoms with Crippen LogP contribution in [0.1, 0.15) is 21.8 Å². The second kappa shape index (κ2) is 6.48. The van der Waals surface area contributed by atoms with Crippen molar-refractivity contribution in [2.24, 2.45) is 0 Å². The molecule has 8 heteroatoms. The fraction of sp³-hybridized carbons (Fsp3) is 0.188. The van der Waals surface area contributed by atoms with Gasteiger partial charge in [-0.3, -0.25) is 4.79 Å². The van der Waals surface area contributed by atoms with Gasteiger partial charge in [0.25, 0.3) is 5.91 Å². The SMILES string of the molecule is Cc1ocnc1C(=O)N[C@@H](Cc1c[nH]c2ccc(Br)cc12)C(=O)O. The average Bonchev–Trinajstić information content (AvgIpc) is 3.13. The number of amides is 1.